The minimum absolute atomic E-state index is 0.124. The molecule has 0 unspecified atom stereocenters. The van der Waals surface area contributed by atoms with Crippen LogP contribution in [0.15, 0.2) is 26.5 Å². The Balaban J connectivity index is 2.05. The smallest absolute Gasteiger partial charge is 0.344 e. The molecule has 10 nitrogen and oxygen atoms in total. The molecule has 1 aromatic carbocycles. The Bertz CT molecular complexity index is 1100. The number of hydrogen-bond acceptors (Lipinski definition) is 6. The molecule has 0 aliphatic carbocycles. The molecule has 0 radical (unpaired) electrons. The summed E-state index contributed by atoms with van der Waals surface area (Å²) in [5.74, 6) is 0.995. The van der Waals surface area contributed by atoms with E-state index in [9.17, 15) is 14.4 Å². The Morgan fingerprint density at radius 2 is 1.80 bits per heavy atom. The van der Waals surface area contributed by atoms with Gasteiger partial charge in [0.1, 0.15) is 5.69 Å². The van der Waals surface area contributed by atoms with Gasteiger partial charge in [0.2, 0.25) is 0 Å². The summed E-state index contributed by atoms with van der Waals surface area (Å²) in [7, 11) is 4.66. The van der Waals surface area contributed by atoms with Crippen LogP contribution in [0, 0.1) is 0 Å². The third-order valence-corrected chi connectivity index (χ3v) is 3.92. The summed E-state index contributed by atoms with van der Waals surface area (Å²) < 4.78 is 13.1. The zero-order valence-corrected chi connectivity index (χ0v) is 14.0. The first-order valence-electron chi connectivity index (χ1n) is 7.45. The van der Waals surface area contributed by atoms with Crippen LogP contribution in [0.1, 0.15) is 5.69 Å². The van der Waals surface area contributed by atoms with E-state index in [2.05, 4.69) is 15.1 Å². The van der Waals surface area contributed by atoms with Gasteiger partial charge >= 0.3 is 11.4 Å². The third kappa shape index (κ3) is 2.93. The Morgan fingerprint density at radius 3 is 2.40 bits per heavy atom. The molecule has 0 amide bonds. The molecule has 0 saturated carbocycles. The van der Waals surface area contributed by atoms with Gasteiger partial charge in [0.15, 0.2) is 11.5 Å². The summed E-state index contributed by atoms with van der Waals surface area (Å²) >= 11 is 0. The summed E-state index contributed by atoms with van der Waals surface area (Å²) in [5.41, 5.74) is -0.0136. The zero-order chi connectivity index (χ0) is 18.1. The quantitative estimate of drug-likeness (QED) is 0.633. The molecule has 0 fully saturated rings. The minimum Gasteiger partial charge on any atom is -0.493 e. The number of hydrogen-bond donors (Lipinski definition) is 2. The van der Waals surface area contributed by atoms with Crippen molar-refractivity contribution in [1.29, 1.82) is 0 Å². The van der Waals surface area contributed by atoms with Crippen molar-refractivity contribution >= 4 is 11.0 Å². The lowest BCUT2D eigenvalue weighted by Crippen LogP contribution is -2.26. The van der Waals surface area contributed by atoms with Crippen molar-refractivity contribution < 1.29 is 9.47 Å². The van der Waals surface area contributed by atoms with Gasteiger partial charge < -0.3 is 14.0 Å². The van der Waals surface area contributed by atoms with Crippen molar-refractivity contribution in [3.05, 3.63) is 49.1 Å². The first-order valence-corrected chi connectivity index (χ1v) is 7.45. The molecule has 3 rings (SSSR count). The van der Waals surface area contributed by atoms with E-state index in [0.717, 1.165) is 4.68 Å². The van der Waals surface area contributed by atoms with E-state index in [1.54, 1.807) is 19.2 Å². The first kappa shape index (κ1) is 16.6. The maximum absolute atomic E-state index is 12.5. The van der Waals surface area contributed by atoms with E-state index in [1.165, 1.54) is 18.8 Å². The van der Waals surface area contributed by atoms with Gasteiger partial charge in [-0.1, -0.05) is 0 Å². The largest absolute Gasteiger partial charge is 0.493 e. The van der Waals surface area contributed by atoms with Crippen molar-refractivity contribution in [2.45, 2.75) is 13.0 Å². The van der Waals surface area contributed by atoms with Gasteiger partial charge in [0.25, 0.3) is 5.56 Å². The highest BCUT2D eigenvalue weighted by atomic mass is 16.5. The molecule has 2 heterocycles. The van der Waals surface area contributed by atoms with Gasteiger partial charge in [-0.15, -0.1) is 0 Å². The molecule has 0 atom stereocenters. The van der Waals surface area contributed by atoms with Crippen LogP contribution in [-0.4, -0.2) is 38.5 Å². The van der Waals surface area contributed by atoms with E-state index < -0.39 is 11.4 Å². The summed E-state index contributed by atoms with van der Waals surface area (Å²) in [6, 6.07) is 3.36. The van der Waals surface area contributed by atoms with Crippen molar-refractivity contribution in [1.82, 2.24) is 24.3 Å². The van der Waals surface area contributed by atoms with Crippen LogP contribution in [0.25, 0.3) is 11.0 Å². The Morgan fingerprint density at radius 1 is 1.12 bits per heavy atom. The highest BCUT2D eigenvalue weighted by molar-refractivity contribution is 5.79. The topological polar surface area (TPSA) is 124 Å². The van der Waals surface area contributed by atoms with Gasteiger partial charge in [-0.05, 0) is 0 Å². The second-order valence-corrected chi connectivity index (χ2v) is 5.39. The fourth-order valence-corrected chi connectivity index (χ4v) is 2.62. The maximum Gasteiger partial charge on any atom is 0.344 e. The predicted octanol–water partition coefficient (Wildman–Crippen LogP) is -0.628. The summed E-state index contributed by atoms with van der Waals surface area (Å²) in [6.45, 7) is 0.124. The van der Waals surface area contributed by atoms with Crippen LogP contribution in [0.2, 0.25) is 0 Å². The van der Waals surface area contributed by atoms with Crippen LogP contribution in [-0.2, 0) is 20.0 Å². The molecule has 0 saturated heterocycles. The van der Waals surface area contributed by atoms with Crippen LogP contribution in [0.4, 0.5) is 0 Å². The number of nitrogens with one attached hydrogen (secondary N) is 2. The Kier molecular flexibility index (Phi) is 4.17. The first-order chi connectivity index (χ1) is 11.9. The second kappa shape index (κ2) is 6.30. The number of benzene rings is 1. The third-order valence-electron chi connectivity index (χ3n) is 3.92. The second-order valence-electron chi connectivity index (χ2n) is 5.39. The van der Waals surface area contributed by atoms with Gasteiger partial charge in [0.05, 0.1) is 31.8 Å². The Labute approximate surface area is 140 Å². The molecule has 132 valence electrons. The van der Waals surface area contributed by atoms with E-state index >= 15 is 0 Å². The molecular weight excluding hydrogens is 330 g/mol. The highest BCUT2D eigenvalue weighted by Crippen LogP contribution is 2.30. The van der Waals surface area contributed by atoms with E-state index in [0.29, 0.717) is 22.5 Å². The SMILES string of the molecule is COc1cc2nc(CCn3[nH]c(=O)[nH]c3=O)c(=O)n(C)c2cc1OC. The lowest BCUT2D eigenvalue weighted by molar-refractivity contribution is 0.355. The standard InChI is InChI=1S/C15H17N5O5/c1-19-10-7-12(25-3)11(24-2)6-9(10)16-8(13(19)21)4-5-20-15(23)17-14(22)18-20/h6-7H,4-5H2,1-3H3,(H2,17,18,22,23). The monoisotopic (exact) mass is 347 g/mol. The summed E-state index contributed by atoms with van der Waals surface area (Å²) in [4.78, 5) is 41.6. The van der Waals surface area contributed by atoms with Gasteiger partial charge in [-0.2, -0.15) is 0 Å². The van der Waals surface area contributed by atoms with E-state index in [1.807, 2.05) is 0 Å². The lowest BCUT2D eigenvalue weighted by atomic mass is 10.2. The van der Waals surface area contributed by atoms with Crippen molar-refractivity contribution in [2.24, 2.45) is 7.05 Å². The molecule has 25 heavy (non-hydrogen) atoms. The molecule has 0 spiro atoms. The minimum atomic E-state index is -0.596. The van der Waals surface area contributed by atoms with Gasteiger partial charge in [-0.25, -0.2) is 24.4 Å². The number of methoxy groups -OCH3 is 2. The normalized spacial score (nSPS) is 11.0. The number of rotatable bonds is 5. The maximum atomic E-state index is 12.5. The Hall–Kier alpha value is -3.30. The van der Waals surface area contributed by atoms with Crippen molar-refractivity contribution in [3.63, 3.8) is 0 Å². The summed E-state index contributed by atoms with van der Waals surface area (Å²) in [5, 5.41) is 2.34. The van der Waals surface area contributed by atoms with Crippen molar-refractivity contribution in [3.8, 4) is 11.5 Å². The number of fused-ring (bicyclic) bond motifs is 1. The lowest BCUT2D eigenvalue weighted by Gasteiger charge is -2.12. The molecule has 10 heteroatoms. The van der Waals surface area contributed by atoms with Crippen LogP contribution >= 0.6 is 0 Å². The number of H-pyrrole nitrogens is 2. The van der Waals surface area contributed by atoms with E-state index in [-0.39, 0.29) is 24.2 Å². The molecule has 0 aliphatic rings. The zero-order valence-electron chi connectivity index (χ0n) is 14.0. The summed E-state index contributed by atoms with van der Waals surface area (Å²) in [6.07, 6.45) is 0.185. The predicted molar refractivity (Wildman–Crippen MR) is 89.5 cm³/mol. The number of aromatic nitrogens is 5. The average molecular weight is 347 g/mol. The number of aromatic amines is 2. The highest BCUT2D eigenvalue weighted by Gasteiger charge is 2.13. The average Bonchev–Trinajstić information content (AvgIpc) is 2.93. The fraction of sp³-hybridized carbons (Fsp3) is 0.333. The van der Waals surface area contributed by atoms with Gasteiger partial charge in [0, 0.05) is 25.6 Å². The van der Waals surface area contributed by atoms with E-state index in [4.69, 9.17) is 9.47 Å². The van der Waals surface area contributed by atoms with Crippen molar-refractivity contribution in [2.75, 3.05) is 14.2 Å². The molecular formula is C15H17N5O5. The molecule has 2 N–H and O–H groups in total. The fourth-order valence-electron chi connectivity index (χ4n) is 2.62. The molecule has 0 bridgehead atoms. The van der Waals surface area contributed by atoms with Gasteiger partial charge in [-0.3, -0.25) is 9.78 Å². The van der Waals surface area contributed by atoms with Crippen LogP contribution in [0.3, 0.4) is 0 Å². The molecule has 3 aromatic rings. The molecule has 2 aromatic heterocycles. The number of ether oxygens (including phenoxy) is 2. The number of nitrogens with zero attached hydrogens (tertiary/aromatic N) is 3. The van der Waals surface area contributed by atoms with Crippen LogP contribution in [0.5, 0.6) is 11.5 Å². The number of aryl methyl sites for hydroxylation is 3. The van der Waals surface area contributed by atoms with Crippen LogP contribution < -0.4 is 26.4 Å². The molecule has 0 aliphatic heterocycles.